The Morgan fingerprint density at radius 3 is 2.44 bits per heavy atom. The van der Waals surface area contributed by atoms with Gasteiger partial charge in [0.25, 0.3) is 0 Å². The number of fused-ring (bicyclic) bond motifs is 1. The Morgan fingerprint density at radius 1 is 1.00 bits per heavy atom. The van der Waals surface area contributed by atoms with Crippen LogP contribution in [0.1, 0.15) is 12.5 Å². The minimum Gasteiger partial charge on any atom is -0.368 e. The molecule has 2 heterocycles. The summed E-state index contributed by atoms with van der Waals surface area (Å²) in [5.74, 6) is -0.0528. The molecule has 0 N–H and O–H groups in total. The lowest BCUT2D eigenvalue weighted by Gasteiger charge is -2.38. The molecule has 1 fully saturated rings. The molecular weight excluding hydrogens is 362 g/mol. The maximum Gasteiger partial charge on any atom is 0.246 e. The Kier molecular flexibility index (Phi) is 4.79. The summed E-state index contributed by atoms with van der Waals surface area (Å²) in [6, 6.07) is 15.1. The maximum atomic E-state index is 13.2. The molecule has 5 nitrogen and oxygen atoms in total. The summed E-state index contributed by atoms with van der Waals surface area (Å²) in [5.41, 5.74) is 3.00. The highest BCUT2D eigenvalue weighted by Gasteiger charge is 2.39. The van der Waals surface area contributed by atoms with E-state index in [-0.39, 0.29) is 11.8 Å². The molecule has 1 unspecified atom stereocenters. The molecule has 2 aromatic carbocycles. The molecule has 2 amide bonds. The monoisotopic (exact) mass is 383 g/mol. The van der Waals surface area contributed by atoms with Gasteiger partial charge in [0.2, 0.25) is 11.8 Å². The first-order chi connectivity index (χ1) is 13.0. The molecule has 0 radical (unpaired) electrons. The van der Waals surface area contributed by atoms with Crippen LogP contribution in [-0.4, -0.2) is 48.9 Å². The number of hydrogen-bond donors (Lipinski definition) is 0. The van der Waals surface area contributed by atoms with E-state index in [0.717, 1.165) is 30.0 Å². The maximum absolute atomic E-state index is 13.2. The third kappa shape index (κ3) is 3.39. The number of carbonyl (C=O) groups is 2. The summed E-state index contributed by atoms with van der Waals surface area (Å²) < 4.78 is 0. The summed E-state index contributed by atoms with van der Waals surface area (Å²) in [6.07, 6.45) is 0.586. The molecule has 0 bridgehead atoms. The lowest BCUT2D eigenvalue weighted by molar-refractivity contribution is -0.134. The third-order valence-corrected chi connectivity index (χ3v) is 5.60. The van der Waals surface area contributed by atoms with Crippen LogP contribution in [0, 0.1) is 0 Å². The summed E-state index contributed by atoms with van der Waals surface area (Å²) in [4.78, 5) is 31.2. The van der Waals surface area contributed by atoms with Crippen LogP contribution >= 0.6 is 11.6 Å². The number of piperazine rings is 1. The Labute approximate surface area is 164 Å². The van der Waals surface area contributed by atoms with Gasteiger partial charge in [-0.15, -0.1) is 0 Å². The topological polar surface area (TPSA) is 43.9 Å². The number of para-hydroxylation sites is 1. The predicted octanol–water partition coefficient (Wildman–Crippen LogP) is 2.97. The van der Waals surface area contributed by atoms with Crippen LogP contribution in [0.5, 0.6) is 0 Å². The Morgan fingerprint density at radius 2 is 1.74 bits per heavy atom. The van der Waals surface area contributed by atoms with Gasteiger partial charge < -0.3 is 9.80 Å². The van der Waals surface area contributed by atoms with Gasteiger partial charge in [-0.1, -0.05) is 35.9 Å². The highest BCUT2D eigenvalue weighted by Crippen LogP contribution is 2.33. The number of hydrogen-bond acceptors (Lipinski definition) is 3. The van der Waals surface area contributed by atoms with Gasteiger partial charge in [0.05, 0.1) is 0 Å². The zero-order valence-electron chi connectivity index (χ0n) is 15.3. The predicted molar refractivity (Wildman–Crippen MR) is 107 cm³/mol. The standard InChI is InChI=1S/C21H22ClN3O2/c1-15(26)25-19-8-3-2-5-16(19)13-20(25)21(27)24-11-9-23(10-12-24)18-7-4-6-17(22)14-18/h2-8,14,20H,9-13H2,1H3. The second-order valence-corrected chi connectivity index (χ2v) is 7.47. The van der Waals surface area contributed by atoms with E-state index in [4.69, 9.17) is 11.6 Å². The number of carbonyl (C=O) groups excluding carboxylic acids is 2. The van der Waals surface area contributed by atoms with Crippen LogP contribution in [0.3, 0.4) is 0 Å². The van der Waals surface area contributed by atoms with E-state index >= 15 is 0 Å². The fourth-order valence-electron chi connectivity index (χ4n) is 4.04. The lowest BCUT2D eigenvalue weighted by Crippen LogP contribution is -2.55. The number of amides is 2. The van der Waals surface area contributed by atoms with Gasteiger partial charge in [0.1, 0.15) is 6.04 Å². The SMILES string of the molecule is CC(=O)N1c2ccccc2CC1C(=O)N1CCN(c2cccc(Cl)c2)CC1. The molecular formula is C21H22ClN3O2. The first-order valence-electron chi connectivity index (χ1n) is 9.21. The fraction of sp³-hybridized carbons (Fsp3) is 0.333. The summed E-state index contributed by atoms with van der Waals surface area (Å²) >= 11 is 6.09. The second kappa shape index (κ2) is 7.24. The quantitative estimate of drug-likeness (QED) is 0.800. The van der Waals surface area contributed by atoms with Crippen molar-refractivity contribution >= 4 is 34.8 Å². The van der Waals surface area contributed by atoms with E-state index in [9.17, 15) is 9.59 Å². The normalized spacial score (nSPS) is 19.2. The molecule has 6 heteroatoms. The number of anilines is 2. The van der Waals surface area contributed by atoms with Gasteiger partial charge in [-0.25, -0.2) is 0 Å². The molecule has 2 aliphatic heterocycles. The van der Waals surface area contributed by atoms with E-state index < -0.39 is 6.04 Å². The van der Waals surface area contributed by atoms with Crippen molar-refractivity contribution in [2.75, 3.05) is 36.0 Å². The van der Waals surface area contributed by atoms with Crippen LogP contribution in [0.2, 0.25) is 5.02 Å². The largest absolute Gasteiger partial charge is 0.368 e. The van der Waals surface area contributed by atoms with Gasteiger partial charge in [0, 0.05) is 55.9 Å². The Balaban J connectivity index is 1.46. The second-order valence-electron chi connectivity index (χ2n) is 7.03. The van der Waals surface area contributed by atoms with E-state index in [1.807, 2.05) is 53.4 Å². The zero-order valence-corrected chi connectivity index (χ0v) is 16.0. The average Bonchev–Trinajstić information content (AvgIpc) is 3.07. The minimum absolute atomic E-state index is 0.0344. The van der Waals surface area contributed by atoms with Crippen molar-refractivity contribution < 1.29 is 9.59 Å². The average molecular weight is 384 g/mol. The van der Waals surface area contributed by atoms with Gasteiger partial charge in [-0.2, -0.15) is 0 Å². The molecule has 0 aromatic heterocycles. The van der Waals surface area contributed by atoms with E-state index in [1.165, 1.54) is 6.92 Å². The zero-order chi connectivity index (χ0) is 19.0. The minimum atomic E-state index is -0.433. The molecule has 1 atom stereocenters. The van der Waals surface area contributed by atoms with E-state index in [0.29, 0.717) is 24.5 Å². The van der Waals surface area contributed by atoms with E-state index in [2.05, 4.69) is 4.90 Å². The van der Waals surface area contributed by atoms with Gasteiger partial charge in [-0.05, 0) is 29.8 Å². The van der Waals surface area contributed by atoms with Crippen molar-refractivity contribution in [3.8, 4) is 0 Å². The highest BCUT2D eigenvalue weighted by molar-refractivity contribution is 6.30. The molecule has 4 rings (SSSR count). The first-order valence-corrected chi connectivity index (χ1v) is 9.59. The van der Waals surface area contributed by atoms with Crippen LogP contribution < -0.4 is 9.80 Å². The molecule has 140 valence electrons. The van der Waals surface area contributed by atoms with Gasteiger partial charge in [-0.3, -0.25) is 14.5 Å². The van der Waals surface area contributed by atoms with Gasteiger partial charge in [0.15, 0.2) is 0 Å². The summed E-state index contributed by atoms with van der Waals surface area (Å²) in [7, 11) is 0. The van der Waals surface area contributed by atoms with Crippen LogP contribution in [-0.2, 0) is 16.0 Å². The molecule has 1 saturated heterocycles. The van der Waals surface area contributed by atoms with Crippen molar-refractivity contribution in [2.24, 2.45) is 0 Å². The molecule has 27 heavy (non-hydrogen) atoms. The molecule has 2 aliphatic rings. The number of benzene rings is 2. The Hall–Kier alpha value is -2.53. The molecule has 0 aliphatic carbocycles. The smallest absolute Gasteiger partial charge is 0.246 e. The molecule has 0 saturated carbocycles. The highest BCUT2D eigenvalue weighted by atomic mass is 35.5. The third-order valence-electron chi connectivity index (χ3n) is 5.37. The first kappa shape index (κ1) is 17.9. The molecule has 0 spiro atoms. The van der Waals surface area contributed by atoms with Crippen LogP contribution in [0.15, 0.2) is 48.5 Å². The van der Waals surface area contributed by atoms with Crippen molar-refractivity contribution in [1.29, 1.82) is 0 Å². The van der Waals surface area contributed by atoms with Crippen molar-refractivity contribution in [1.82, 2.24) is 4.90 Å². The number of rotatable bonds is 2. The van der Waals surface area contributed by atoms with E-state index in [1.54, 1.807) is 4.90 Å². The van der Waals surface area contributed by atoms with Crippen molar-refractivity contribution in [3.05, 3.63) is 59.1 Å². The van der Waals surface area contributed by atoms with Crippen molar-refractivity contribution in [2.45, 2.75) is 19.4 Å². The van der Waals surface area contributed by atoms with Crippen molar-refractivity contribution in [3.63, 3.8) is 0 Å². The number of halogens is 1. The fourth-order valence-corrected chi connectivity index (χ4v) is 4.23. The van der Waals surface area contributed by atoms with Crippen LogP contribution in [0.4, 0.5) is 11.4 Å². The summed E-state index contributed by atoms with van der Waals surface area (Å²) in [5, 5.41) is 0.715. The number of nitrogens with zero attached hydrogens (tertiary/aromatic N) is 3. The summed E-state index contributed by atoms with van der Waals surface area (Å²) in [6.45, 7) is 4.32. The Bertz CT molecular complexity index is 877. The molecule has 2 aromatic rings. The lowest BCUT2D eigenvalue weighted by atomic mass is 10.1. The van der Waals surface area contributed by atoms with Crippen LogP contribution in [0.25, 0.3) is 0 Å². The van der Waals surface area contributed by atoms with Gasteiger partial charge >= 0.3 is 0 Å².